The molecule has 0 spiro atoms. The smallest absolute Gasteiger partial charge is 0.119 e. The molecule has 0 saturated heterocycles. The van der Waals surface area contributed by atoms with Gasteiger partial charge in [0.25, 0.3) is 0 Å². The molecule has 3 heteroatoms. The minimum atomic E-state index is 0.591. The van der Waals surface area contributed by atoms with E-state index in [9.17, 15) is 0 Å². The van der Waals surface area contributed by atoms with Gasteiger partial charge in [0.05, 0.1) is 19.8 Å². The molecule has 0 aliphatic carbocycles. The molecule has 1 aromatic carbocycles. The third kappa shape index (κ3) is 14.9. The highest BCUT2D eigenvalue weighted by atomic mass is 16.5. The van der Waals surface area contributed by atoms with E-state index in [1.165, 1.54) is 76.2 Å². The lowest BCUT2D eigenvalue weighted by Gasteiger charge is -2.09. The fraction of sp³-hybridized carbons (Fsp3) is 0.760. The summed E-state index contributed by atoms with van der Waals surface area (Å²) in [7, 11) is 0. The SMILES string of the molecule is CCCCCCCCCc1ccc(OCCOCCOCCCCCC)cc1. The lowest BCUT2D eigenvalue weighted by molar-refractivity contribution is 0.0352. The summed E-state index contributed by atoms with van der Waals surface area (Å²) in [5.41, 5.74) is 1.41. The minimum absolute atomic E-state index is 0.591. The molecule has 0 unspecified atom stereocenters. The lowest BCUT2D eigenvalue weighted by Crippen LogP contribution is -2.11. The normalized spacial score (nSPS) is 11.1. The zero-order chi connectivity index (χ0) is 20.1. The summed E-state index contributed by atoms with van der Waals surface area (Å²) in [5, 5.41) is 0. The largest absolute Gasteiger partial charge is 0.491 e. The van der Waals surface area contributed by atoms with E-state index in [1.807, 2.05) is 0 Å². The Morgan fingerprint density at radius 3 is 1.75 bits per heavy atom. The van der Waals surface area contributed by atoms with Crippen molar-refractivity contribution in [2.75, 3.05) is 33.0 Å². The molecular formula is C25H44O3. The number of rotatable bonds is 20. The van der Waals surface area contributed by atoms with E-state index in [0.29, 0.717) is 26.4 Å². The van der Waals surface area contributed by atoms with E-state index in [-0.39, 0.29) is 0 Å². The van der Waals surface area contributed by atoms with E-state index in [0.717, 1.165) is 18.8 Å². The number of hydrogen-bond acceptors (Lipinski definition) is 3. The summed E-state index contributed by atoms with van der Waals surface area (Å²) in [5.74, 6) is 0.930. The van der Waals surface area contributed by atoms with Crippen molar-refractivity contribution in [1.82, 2.24) is 0 Å². The highest BCUT2D eigenvalue weighted by molar-refractivity contribution is 5.27. The molecule has 1 aromatic rings. The average Bonchev–Trinajstić information content (AvgIpc) is 2.72. The zero-order valence-electron chi connectivity index (χ0n) is 18.6. The van der Waals surface area contributed by atoms with Crippen molar-refractivity contribution < 1.29 is 14.2 Å². The molecule has 162 valence electrons. The topological polar surface area (TPSA) is 27.7 Å². The van der Waals surface area contributed by atoms with Gasteiger partial charge in [-0.15, -0.1) is 0 Å². The molecule has 3 nitrogen and oxygen atoms in total. The van der Waals surface area contributed by atoms with Crippen LogP contribution in [0.15, 0.2) is 24.3 Å². The lowest BCUT2D eigenvalue weighted by atomic mass is 10.0. The summed E-state index contributed by atoms with van der Waals surface area (Å²) < 4.78 is 16.9. The molecule has 0 aliphatic heterocycles. The molecule has 0 aliphatic rings. The van der Waals surface area contributed by atoms with E-state index in [4.69, 9.17) is 14.2 Å². The van der Waals surface area contributed by atoms with Crippen LogP contribution in [0.25, 0.3) is 0 Å². The molecule has 0 bridgehead atoms. The molecule has 0 N–H and O–H groups in total. The van der Waals surface area contributed by atoms with Gasteiger partial charge < -0.3 is 14.2 Å². The molecule has 0 aromatic heterocycles. The zero-order valence-corrected chi connectivity index (χ0v) is 18.6. The highest BCUT2D eigenvalue weighted by Crippen LogP contribution is 2.15. The van der Waals surface area contributed by atoms with Crippen molar-refractivity contribution in [3.05, 3.63) is 29.8 Å². The summed E-state index contributed by atoms with van der Waals surface area (Å²) >= 11 is 0. The molecule has 0 saturated carbocycles. The predicted octanol–water partition coefficient (Wildman–Crippen LogP) is 6.97. The molecular weight excluding hydrogens is 348 g/mol. The number of ether oxygens (including phenoxy) is 3. The van der Waals surface area contributed by atoms with E-state index in [1.54, 1.807) is 0 Å². The van der Waals surface area contributed by atoms with Gasteiger partial charge in [0.2, 0.25) is 0 Å². The fourth-order valence-electron chi connectivity index (χ4n) is 3.21. The molecule has 0 radical (unpaired) electrons. The van der Waals surface area contributed by atoms with Crippen LogP contribution >= 0.6 is 0 Å². The Bertz CT molecular complexity index is 430. The summed E-state index contributed by atoms with van der Waals surface area (Å²) in [4.78, 5) is 0. The Labute approximate surface area is 174 Å². The maximum Gasteiger partial charge on any atom is 0.119 e. The first-order chi connectivity index (χ1) is 13.9. The Morgan fingerprint density at radius 1 is 0.536 bits per heavy atom. The van der Waals surface area contributed by atoms with Crippen LogP contribution in [-0.4, -0.2) is 33.0 Å². The van der Waals surface area contributed by atoms with Crippen molar-refractivity contribution in [3.8, 4) is 5.75 Å². The first-order valence-corrected chi connectivity index (χ1v) is 11.7. The van der Waals surface area contributed by atoms with E-state index < -0.39 is 0 Å². The number of aryl methyl sites for hydroxylation is 1. The van der Waals surface area contributed by atoms with Gasteiger partial charge in [-0.2, -0.15) is 0 Å². The minimum Gasteiger partial charge on any atom is -0.491 e. The number of unbranched alkanes of at least 4 members (excludes halogenated alkanes) is 9. The average molecular weight is 393 g/mol. The molecule has 28 heavy (non-hydrogen) atoms. The summed E-state index contributed by atoms with van der Waals surface area (Å²) in [6.07, 6.45) is 15.7. The second-order valence-corrected chi connectivity index (χ2v) is 7.65. The van der Waals surface area contributed by atoms with Crippen LogP contribution < -0.4 is 4.74 Å². The monoisotopic (exact) mass is 392 g/mol. The van der Waals surface area contributed by atoms with Gasteiger partial charge in [-0.3, -0.25) is 0 Å². The van der Waals surface area contributed by atoms with Crippen LogP contribution in [0.4, 0.5) is 0 Å². The van der Waals surface area contributed by atoms with Crippen molar-refractivity contribution >= 4 is 0 Å². The van der Waals surface area contributed by atoms with Crippen molar-refractivity contribution in [1.29, 1.82) is 0 Å². The van der Waals surface area contributed by atoms with Gasteiger partial charge in [0.1, 0.15) is 12.4 Å². The van der Waals surface area contributed by atoms with Crippen LogP contribution in [0, 0.1) is 0 Å². The molecule has 0 amide bonds. The number of benzene rings is 1. The second-order valence-electron chi connectivity index (χ2n) is 7.65. The predicted molar refractivity (Wildman–Crippen MR) is 119 cm³/mol. The third-order valence-electron chi connectivity index (χ3n) is 5.00. The molecule has 0 fully saturated rings. The van der Waals surface area contributed by atoms with Crippen molar-refractivity contribution in [3.63, 3.8) is 0 Å². The highest BCUT2D eigenvalue weighted by Gasteiger charge is 1.98. The van der Waals surface area contributed by atoms with Crippen molar-refractivity contribution in [2.24, 2.45) is 0 Å². The molecule has 0 heterocycles. The maximum absolute atomic E-state index is 5.75. The van der Waals surface area contributed by atoms with E-state index in [2.05, 4.69) is 38.1 Å². The Hall–Kier alpha value is -1.06. The van der Waals surface area contributed by atoms with Crippen LogP contribution in [0.3, 0.4) is 0 Å². The van der Waals surface area contributed by atoms with Crippen LogP contribution in [0.1, 0.15) is 90.0 Å². The summed E-state index contributed by atoms with van der Waals surface area (Å²) in [6, 6.07) is 8.55. The quantitative estimate of drug-likeness (QED) is 0.224. The number of hydrogen-bond donors (Lipinski definition) is 0. The van der Waals surface area contributed by atoms with Crippen LogP contribution in [0.5, 0.6) is 5.75 Å². The first-order valence-electron chi connectivity index (χ1n) is 11.7. The van der Waals surface area contributed by atoms with Gasteiger partial charge in [0.15, 0.2) is 0 Å². The fourth-order valence-corrected chi connectivity index (χ4v) is 3.21. The van der Waals surface area contributed by atoms with Crippen LogP contribution in [0.2, 0.25) is 0 Å². The Kier molecular flexibility index (Phi) is 17.2. The molecule has 1 rings (SSSR count). The van der Waals surface area contributed by atoms with Gasteiger partial charge >= 0.3 is 0 Å². The van der Waals surface area contributed by atoms with Gasteiger partial charge in [-0.1, -0.05) is 83.8 Å². The Morgan fingerprint density at radius 2 is 1.07 bits per heavy atom. The van der Waals surface area contributed by atoms with E-state index >= 15 is 0 Å². The van der Waals surface area contributed by atoms with Gasteiger partial charge in [-0.25, -0.2) is 0 Å². The first kappa shape index (κ1) is 25.0. The summed E-state index contributed by atoms with van der Waals surface area (Å²) in [6.45, 7) is 7.88. The van der Waals surface area contributed by atoms with Gasteiger partial charge in [-0.05, 0) is 37.0 Å². The second kappa shape index (κ2) is 19.3. The maximum atomic E-state index is 5.75. The Balaban J connectivity index is 1.93. The van der Waals surface area contributed by atoms with Crippen molar-refractivity contribution in [2.45, 2.75) is 90.9 Å². The third-order valence-corrected chi connectivity index (χ3v) is 5.00. The standard InChI is InChI=1S/C25H44O3/c1-3-5-7-9-10-11-12-14-24-15-17-25(18-16-24)28-23-22-27-21-20-26-19-13-8-6-4-2/h15-18H,3-14,19-23H2,1-2H3. The molecule has 0 atom stereocenters. The van der Waals surface area contributed by atoms with Crippen LogP contribution in [-0.2, 0) is 15.9 Å². The van der Waals surface area contributed by atoms with Gasteiger partial charge in [0, 0.05) is 6.61 Å².